The molecule has 7 nitrogen and oxygen atoms in total. The summed E-state index contributed by atoms with van der Waals surface area (Å²) >= 11 is 0. The van der Waals surface area contributed by atoms with Crippen LogP contribution in [0.2, 0.25) is 0 Å². The highest BCUT2D eigenvalue weighted by atomic mass is 19.4. The van der Waals surface area contributed by atoms with Crippen molar-refractivity contribution in [3.05, 3.63) is 52.8 Å². The molecule has 0 spiro atoms. The number of aromatic nitrogens is 5. The highest BCUT2D eigenvalue weighted by molar-refractivity contribution is 5.97. The Morgan fingerprint density at radius 1 is 1.26 bits per heavy atom. The van der Waals surface area contributed by atoms with E-state index in [9.17, 15) is 18.0 Å². The first kappa shape index (κ1) is 21.2. The zero-order valence-electron chi connectivity index (χ0n) is 17.2. The molecule has 1 unspecified atom stereocenters. The van der Waals surface area contributed by atoms with Crippen molar-refractivity contribution < 1.29 is 22.7 Å². The molecule has 0 aliphatic carbocycles. The fourth-order valence-electron chi connectivity index (χ4n) is 3.83. The van der Waals surface area contributed by atoms with E-state index in [2.05, 4.69) is 20.0 Å². The summed E-state index contributed by atoms with van der Waals surface area (Å²) in [5.74, 6) is -0.164. The molecule has 3 heterocycles. The molecule has 10 heteroatoms. The summed E-state index contributed by atoms with van der Waals surface area (Å²) in [6, 6.07) is 6.52. The molecule has 1 aromatic carbocycles. The Kier molecular flexibility index (Phi) is 5.65. The largest absolute Gasteiger partial charge is 0.416 e. The van der Waals surface area contributed by atoms with Crippen molar-refractivity contribution in [2.24, 2.45) is 0 Å². The van der Waals surface area contributed by atoms with E-state index in [1.807, 2.05) is 19.9 Å². The zero-order chi connectivity index (χ0) is 22.2. The van der Waals surface area contributed by atoms with Gasteiger partial charge in [0.1, 0.15) is 6.54 Å². The van der Waals surface area contributed by atoms with Crippen LogP contribution in [0.15, 0.2) is 30.3 Å². The summed E-state index contributed by atoms with van der Waals surface area (Å²) in [7, 11) is 0. The van der Waals surface area contributed by atoms with E-state index in [0.29, 0.717) is 12.1 Å². The monoisotopic (exact) mass is 433 g/mol. The first-order valence-electron chi connectivity index (χ1n) is 9.99. The number of ether oxygens (including phenoxy) is 1. The number of benzene rings is 1. The van der Waals surface area contributed by atoms with Crippen LogP contribution in [0.3, 0.4) is 0 Å². The predicted octanol–water partition coefficient (Wildman–Crippen LogP) is 3.84. The molecule has 31 heavy (non-hydrogen) atoms. The maximum atomic E-state index is 12.9. The molecule has 0 N–H and O–H groups in total. The minimum absolute atomic E-state index is 0.0303. The standard InChI is InChI=1S/C21H22F3N5O2/c1-13-9-18(14(2)28(13)11-17-7-4-8-31-17)19(30)12-29-26-20(25-27-29)15-5-3-6-16(10-15)21(22,23)24/h3,5-6,9-10,17H,4,7-8,11-12H2,1-2H3. The molecule has 0 amide bonds. The molecule has 1 fully saturated rings. The number of rotatable bonds is 6. The first-order valence-corrected chi connectivity index (χ1v) is 9.99. The fraction of sp³-hybridized carbons (Fsp3) is 0.429. The number of nitrogens with zero attached hydrogens (tertiary/aromatic N) is 5. The third-order valence-corrected chi connectivity index (χ3v) is 5.47. The van der Waals surface area contributed by atoms with Crippen molar-refractivity contribution in [2.75, 3.05) is 6.61 Å². The van der Waals surface area contributed by atoms with Crippen LogP contribution in [0, 0.1) is 13.8 Å². The number of carbonyl (C=O) groups is 1. The maximum Gasteiger partial charge on any atom is 0.416 e. The Balaban J connectivity index is 1.50. The third-order valence-electron chi connectivity index (χ3n) is 5.47. The molecule has 1 aliphatic rings. The van der Waals surface area contributed by atoms with Crippen LogP contribution in [0.1, 0.15) is 40.2 Å². The predicted molar refractivity (Wildman–Crippen MR) is 105 cm³/mol. The van der Waals surface area contributed by atoms with Gasteiger partial charge in [-0.1, -0.05) is 12.1 Å². The lowest BCUT2D eigenvalue weighted by molar-refractivity contribution is -0.137. The SMILES string of the molecule is Cc1cc(C(=O)Cn2nnc(-c3cccc(C(F)(F)F)c3)n2)c(C)n1CC1CCCO1. The Hall–Kier alpha value is -3.01. The Morgan fingerprint density at radius 3 is 2.77 bits per heavy atom. The molecule has 2 aromatic heterocycles. The van der Waals surface area contributed by atoms with Gasteiger partial charge in [-0.15, -0.1) is 10.2 Å². The van der Waals surface area contributed by atoms with E-state index in [1.54, 1.807) is 0 Å². The average molecular weight is 433 g/mol. The van der Waals surface area contributed by atoms with Crippen LogP contribution in [0.4, 0.5) is 13.2 Å². The summed E-state index contributed by atoms with van der Waals surface area (Å²) in [6.45, 7) is 5.14. The lowest BCUT2D eigenvalue weighted by Gasteiger charge is -2.14. The number of ketones is 1. The Bertz CT molecular complexity index is 1100. The van der Waals surface area contributed by atoms with Crippen LogP contribution >= 0.6 is 0 Å². The number of halogens is 3. The van der Waals surface area contributed by atoms with E-state index in [1.165, 1.54) is 12.1 Å². The number of Topliss-reactive ketones (excluding diaryl/α,β-unsaturated/α-hetero) is 1. The molecule has 1 aliphatic heterocycles. The highest BCUT2D eigenvalue weighted by Gasteiger charge is 2.31. The molecule has 1 saturated heterocycles. The molecule has 164 valence electrons. The van der Waals surface area contributed by atoms with Crippen LogP contribution < -0.4 is 0 Å². The number of aryl methyl sites for hydroxylation is 1. The minimum Gasteiger partial charge on any atom is -0.376 e. The van der Waals surface area contributed by atoms with Gasteiger partial charge in [-0.3, -0.25) is 4.79 Å². The second-order valence-corrected chi connectivity index (χ2v) is 7.68. The lowest BCUT2D eigenvalue weighted by atomic mass is 10.1. The molecule has 3 aromatic rings. The smallest absolute Gasteiger partial charge is 0.376 e. The second kappa shape index (κ2) is 8.26. The zero-order valence-corrected chi connectivity index (χ0v) is 17.2. The van der Waals surface area contributed by atoms with E-state index < -0.39 is 11.7 Å². The molecule has 0 bridgehead atoms. The lowest BCUT2D eigenvalue weighted by Crippen LogP contribution is -2.18. The van der Waals surface area contributed by atoms with E-state index in [4.69, 9.17) is 4.74 Å². The van der Waals surface area contributed by atoms with Gasteiger partial charge in [0.15, 0.2) is 5.78 Å². The molecule has 1 atom stereocenters. The second-order valence-electron chi connectivity index (χ2n) is 7.68. The van der Waals surface area contributed by atoms with Gasteiger partial charge in [-0.05, 0) is 50.1 Å². The molecule has 4 rings (SSSR count). The molecule has 0 radical (unpaired) electrons. The minimum atomic E-state index is -4.46. The van der Waals surface area contributed by atoms with E-state index in [-0.39, 0.29) is 29.8 Å². The summed E-state index contributed by atoms with van der Waals surface area (Å²) in [5.41, 5.74) is 1.76. The number of hydrogen-bond acceptors (Lipinski definition) is 5. The molecular formula is C21H22F3N5O2. The molecular weight excluding hydrogens is 411 g/mol. The van der Waals surface area contributed by atoms with Crippen molar-refractivity contribution in [1.29, 1.82) is 0 Å². The summed E-state index contributed by atoms with van der Waals surface area (Å²) < 4.78 is 46.6. The Morgan fingerprint density at radius 2 is 2.06 bits per heavy atom. The molecule has 0 saturated carbocycles. The van der Waals surface area contributed by atoms with Crippen molar-refractivity contribution >= 4 is 5.78 Å². The van der Waals surface area contributed by atoms with Gasteiger partial charge in [0.2, 0.25) is 5.82 Å². The van der Waals surface area contributed by atoms with Crippen molar-refractivity contribution in [3.63, 3.8) is 0 Å². The Labute approximate surface area is 176 Å². The van der Waals surface area contributed by atoms with Gasteiger partial charge < -0.3 is 9.30 Å². The van der Waals surface area contributed by atoms with Gasteiger partial charge >= 0.3 is 6.18 Å². The average Bonchev–Trinajstić information content (AvgIpc) is 3.46. The number of hydrogen-bond donors (Lipinski definition) is 0. The van der Waals surface area contributed by atoms with E-state index in [0.717, 1.165) is 47.8 Å². The van der Waals surface area contributed by atoms with Crippen molar-refractivity contribution in [2.45, 2.75) is 52.1 Å². The summed E-state index contributed by atoms with van der Waals surface area (Å²) in [4.78, 5) is 13.9. The van der Waals surface area contributed by atoms with Gasteiger partial charge in [0.25, 0.3) is 0 Å². The van der Waals surface area contributed by atoms with Gasteiger partial charge in [0, 0.05) is 35.7 Å². The topological polar surface area (TPSA) is 74.8 Å². The van der Waals surface area contributed by atoms with Gasteiger partial charge in [-0.2, -0.15) is 18.0 Å². The van der Waals surface area contributed by atoms with E-state index >= 15 is 0 Å². The summed E-state index contributed by atoms with van der Waals surface area (Å²) in [6.07, 6.45) is -2.27. The van der Waals surface area contributed by atoms with Gasteiger partial charge in [-0.25, -0.2) is 0 Å². The first-order chi connectivity index (χ1) is 14.7. The highest BCUT2D eigenvalue weighted by Crippen LogP contribution is 2.31. The van der Waals surface area contributed by atoms with Crippen LogP contribution in [0.5, 0.6) is 0 Å². The van der Waals surface area contributed by atoms with Crippen LogP contribution in [0.25, 0.3) is 11.4 Å². The number of carbonyl (C=O) groups excluding carboxylic acids is 1. The normalized spacial score (nSPS) is 16.7. The van der Waals surface area contributed by atoms with Crippen molar-refractivity contribution in [1.82, 2.24) is 24.8 Å². The van der Waals surface area contributed by atoms with Crippen molar-refractivity contribution in [3.8, 4) is 11.4 Å². The fourth-order valence-corrected chi connectivity index (χ4v) is 3.83. The summed E-state index contributed by atoms with van der Waals surface area (Å²) in [5, 5.41) is 11.7. The van der Waals surface area contributed by atoms with Crippen LogP contribution in [-0.2, 0) is 24.0 Å². The van der Waals surface area contributed by atoms with Crippen LogP contribution in [-0.4, -0.2) is 43.3 Å². The quantitative estimate of drug-likeness (QED) is 0.552. The third kappa shape index (κ3) is 4.53. The maximum absolute atomic E-state index is 12.9. The number of tetrazole rings is 1. The van der Waals surface area contributed by atoms with Gasteiger partial charge in [0.05, 0.1) is 11.7 Å². The number of alkyl halides is 3.